The number of halogens is 1. The van der Waals surface area contributed by atoms with E-state index >= 15 is 0 Å². The van der Waals surface area contributed by atoms with E-state index in [-0.39, 0.29) is 11.7 Å². The molecule has 1 heterocycles. The van der Waals surface area contributed by atoms with Gasteiger partial charge in [0.2, 0.25) is 5.91 Å². The van der Waals surface area contributed by atoms with Gasteiger partial charge in [-0.15, -0.1) is 0 Å². The molecule has 1 aromatic heterocycles. The molecule has 1 amide bonds. The van der Waals surface area contributed by atoms with Crippen molar-refractivity contribution in [1.29, 1.82) is 0 Å². The lowest BCUT2D eigenvalue weighted by atomic mass is 10.1. The molecule has 0 atom stereocenters. The van der Waals surface area contributed by atoms with E-state index in [0.29, 0.717) is 23.1 Å². The van der Waals surface area contributed by atoms with Crippen LogP contribution in [0.1, 0.15) is 12.5 Å². The average Bonchev–Trinajstić information content (AvgIpc) is 2.62. The minimum absolute atomic E-state index is 0.0993. The topological polar surface area (TPSA) is 51.2 Å². The summed E-state index contributed by atoms with van der Waals surface area (Å²) in [5.74, 6) is 0.842. The number of benzene rings is 2. The number of pyridine rings is 1. The van der Waals surface area contributed by atoms with Gasteiger partial charge >= 0.3 is 0 Å². The van der Waals surface area contributed by atoms with Gasteiger partial charge in [-0.2, -0.15) is 0 Å². The molecule has 0 radical (unpaired) electrons. The van der Waals surface area contributed by atoms with E-state index in [9.17, 15) is 4.79 Å². The zero-order valence-corrected chi connectivity index (χ0v) is 16.2. The molecule has 3 aromatic rings. The molecule has 26 heavy (non-hydrogen) atoms. The van der Waals surface area contributed by atoms with Crippen molar-refractivity contribution in [3.63, 3.8) is 0 Å². The van der Waals surface area contributed by atoms with Crippen LogP contribution in [0.4, 0.5) is 5.69 Å². The number of hydrogen-bond donors (Lipinski definition) is 1. The number of aryl methyl sites for hydroxylation is 1. The van der Waals surface area contributed by atoms with Crippen LogP contribution in [-0.2, 0) is 4.79 Å². The van der Waals surface area contributed by atoms with Crippen LogP contribution in [0.3, 0.4) is 0 Å². The monoisotopic (exact) mass is 386 g/mol. The zero-order chi connectivity index (χ0) is 18.5. The summed E-state index contributed by atoms with van der Waals surface area (Å²) >= 11 is 7.45. The first-order valence-electron chi connectivity index (χ1n) is 8.28. The van der Waals surface area contributed by atoms with Crippen molar-refractivity contribution < 1.29 is 9.53 Å². The first-order chi connectivity index (χ1) is 12.6. The minimum atomic E-state index is -0.0993. The maximum atomic E-state index is 12.3. The van der Waals surface area contributed by atoms with Crippen molar-refractivity contribution in [1.82, 2.24) is 4.98 Å². The third-order valence-electron chi connectivity index (χ3n) is 3.77. The molecule has 0 aliphatic carbocycles. The van der Waals surface area contributed by atoms with E-state index in [2.05, 4.69) is 10.3 Å². The molecule has 0 spiro atoms. The Kier molecular flexibility index (Phi) is 6.01. The molecule has 4 nitrogen and oxygen atoms in total. The highest BCUT2D eigenvalue weighted by atomic mass is 35.5. The first-order valence-corrected chi connectivity index (χ1v) is 9.64. The van der Waals surface area contributed by atoms with Crippen molar-refractivity contribution in [3.05, 3.63) is 59.1 Å². The van der Waals surface area contributed by atoms with E-state index in [4.69, 9.17) is 16.3 Å². The quantitative estimate of drug-likeness (QED) is 0.582. The standard InChI is InChI=1S/C20H19ClN2O2S/c1-3-25-18-7-5-4-6-17(18)22-19(24)12-26-20-10-13(2)15-11-14(21)8-9-16(15)23-20/h4-11H,3,12H2,1-2H3,(H,22,24). The molecule has 2 aromatic carbocycles. The Balaban J connectivity index is 1.68. The van der Waals surface area contributed by atoms with Crippen LogP contribution >= 0.6 is 23.4 Å². The van der Waals surface area contributed by atoms with Crippen LogP contribution in [-0.4, -0.2) is 23.3 Å². The Morgan fingerprint density at radius 3 is 2.85 bits per heavy atom. The van der Waals surface area contributed by atoms with Gasteiger partial charge in [0.15, 0.2) is 0 Å². The van der Waals surface area contributed by atoms with Crippen LogP contribution in [0.5, 0.6) is 5.75 Å². The Labute approximate surface area is 161 Å². The highest BCUT2D eigenvalue weighted by Gasteiger charge is 2.10. The molecule has 6 heteroatoms. The number of fused-ring (bicyclic) bond motifs is 1. The number of para-hydroxylation sites is 2. The lowest BCUT2D eigenvalue weighted by Gasteiger charge is -2.11. The Morgan fingerprint density at radius 1 is 1.23 bits per heavy atom. The summed E-state index contributed by atoms with van der Waals surface area (Å²) in [6, 6.07) is 15.0. The number of thioether (sulfide) groups is 1. The van der Waals surface area contributed by atoms with E-state index in [1.807, 2.05) is 62.4 Å². The van der Waals surface area contributed by atoms with Gasteiger partial charge in [0, 0.05) is 10.4 Å². The fraction of sp³-hybridized carbons (Fsp3) is 0.200. The smallest absolute Gasteiger partial charge is 0.234 e. The predicted octanol–water partition coefficient (Wildman–Crippen LogP) is 5.33. The second-order valence-electron chi connectivity index (χ2n) is 5.70. The number of carbonyl (C=O) groups is 1. The number of anilines is 1. The van der Waals surface area contributed by atoms with E-state index < -0.39 is 0 Å². The number of amides is 1. The largest absolute Gasteiger partial charge is 0.492 e. The molecule has 0 saturated carbocycles. The molecule has 1 N–H and O–H groups in total. The van der Waals surface area contributed by atoms with Gasteiger partial charge < -0.3 is 10.1 Å². The average molecular weight is 387 g/mol. The summed E-state index contributed by atoms with van der Waals surface area (Å²) in [7, 11) is 0. The molecular formula is C20H19ClN2O2S. The highest BCUT2D eigenvalue weighted by molar-refractivity contribution is 7.99. The van der Waals surface area contributed by atoms with Crippen molar-refractivity contribution in [2.45, 2.75) is 18.9 Å². The summed E-state index contributed by atoms with van der Waals surface area (Å²) in [6.45, 7) is 4.48. The van der Waals surface area contributed by atoms with Gasteiger partial charge in [-0.3, -0.25) is 4.79 Å². The highest BCUT2D eigenvalue weighted by Crippen LogP contribution is 2.27. The fourth-order valence-electron chi connectivity index (χ4n) is 2.59. The van der Waals surface area contributed by atoms with E-state index in [0.717, 1.165) is 21.5 Å². The number of carbonyl (C=O) groups excluding carboxylic acids is 1. The van der Waals surface area contributed by atoms with Crippen molar-refractivity contribution in [2.24, 2.45) is 0 Å². The number of aromatic nitrogens is 1. The lowest BCUT2D eigenvalue weighted by Crippen LogP contribution is -2.15. The minimum Gasteiger partial charge on any atom is -0.492 e. The normalized spacial score (nSPS) is 10.7. The Bertz CT molecular complexity index is 946. The van der Waals surface area contributed by atoms with Crippen molar-refractivity contribution in [3.8, 4) is 5.75 Å². The summed E-state index contributed by atoms with van der Waals surface area (Å²) in [5, 5.41) is 5.42. The first kappa shape index (κ1) is 18.5. The van der Waals surface area contributed by atoms with E-state index in [1.54, 1.807) is 0 Å². The van der Waals surface area contributed by atoms with Gasteiger partial charge in [-0.25, -0.2) is 4.98 Å². The van der Waals surface area contributed by atoms with Crippen molar-refractivity contribution >= 4 is 45.9 Å². The number of nitrogens with one attached hydrogen (secondary N) is 1. The molecule has 0 aliphatic rings. The molecule has 0 bridgehead atoms. The fourth-order valence-corrected chi connectivity index (χ4v) is 3.53. The van der Waals surface area contributed by atoms with Crippen LogP contribution in [0.2, 0.25) is 5.02 Å². The van der Waals surface area contributed by atoms with Gasteiger partial charge in [-0.1, -0.05) is 35.5 Å². The molecule has 134 valence electrons. The predicted molar refractivity (Wildman–Crippen MR) is 108 cm³/mol. The summed E-state index contributed by atoms with van der Waals surface area (Å²) in [4.78, 5) is 16.9. The third kappa shape index (κ3) is 4.48. The molecular weight excluding hydrogens is 368 g/mol. The second-order valence-corrected chi connectivity index (χ2v) is 7.14. The molecule has 0 saturated heterocycles. The number of rotatable bonds is 6. The second kappa shape index (κ2) is 8.43. The van der Waals surface area contributed by atoms with E-state index in [1.165, 1.54) is 11.8 Å². The molecule has 0 unspecified atom stereocenters. The van der Waals surface area contributed by atoms with Crippen LogP contribution in [0, 0.1) is 6.92 Å². The maximum Gasteiger partial charge on any atom is 0.234 e. The van der Waals surface area contributed by atoms with Crippen LogP contribution in [0.25, 0.3) is 10.9 Å². The molecule has 3 rings (SSSR count). The number of hydrogen-bond acceptors (Lipinski definition) is 4. The molecule has 0 fully saturated rings. The van der Waals surface area contributed by atoms with Crippen LogP contribution < -0.4 is 10.1 Å². The van der Waals surface area contributed by atoms with Gasteiger partial charge in [0.1, 0.15) is 5.75 Å². The summed E-state index contributed by atoms with van der Waals surface area (Å²) in [5.41, 5.74) is 2.64. The molecule has 0 aliphatic heterocycles. The Hall–Kier alpha value is -2.24. The third-order valence-corrected chi connectivity index (χ3v) is 4.91. The number of ether oxygens (including phenoxy) is 1. The SMILES string of the molecule is CCOc1ccccc1NC(=O)CSc1cc(C)c2cc(Cl)ccc2n1. The zero-order valence-electron chi connectivity index (χ0n) is 14.6. The maximum absolute atomic E-state index is 12.3. The lowest BCUT2D eigenvalue weighted by molar-refractivity contribution is -0.113. The van der Waals surface area contributed by atoms with Crippen molar-refractivity contribution in [2.75, 3.05) is 17.7 Å². The summed E-state index contributed by atoms with van der Waals surface area (Å²) in [6.07, 6.45) is 0. The number of nitrogens with zero attached hydrogens (tertiary/aromatic N) is 1. The van der Waals surface area contributed by atoms with Gasteiger partial charge in [0.25, 0.3) is 0 Å². The van der Waals surface area contributed by atoms with Gasteiger partial charge in [-0.05, 0) is 55.8 Å². The van der Waals surface area contributed by atoms with Gasteiger partial charge in [0.05, 0.1) is 28.6 Å². The van der Waals surface area contributed by atoms with Crippen LogP contribution in [0.15, 0.2) is 53.6 Å². The summed E-state index contributed by atoms with van der Waals surface area (Å²) < 4.78 is 5.53. The Morgan fingerprint density at radius 2 is 2.04 bits per heavy atom.